The highest BCUT2D eigenvalue weighted by Gasteiger charge is 2.50. The van der Waals surface area contributed by atoms with Crippen LogP contribution < -0.4 is 10.4 Å². The maximum absolute atomic E-state index is 11.7. The Kier molecular flexibility index (Phi) is 8.84. The van der Waals surface area contributed by atoms with Gasteiger partial charge >= 0.3 is 5.97 Å². The topological polar surface area (TPSA) is 35.5 Å². The quantitative estimate of drug-likeness (QED) is 0.280. The van der Waals surface area contributed by atoms with E-state index >= 15 is 0 Å². The van der Waals surface area contributed by atoms with Crippen LogP contribution in [0.5, 0.6) is 0 Å². The van der Waals surface area contributed by atoms with Gasteiger partial charge in [0, 0.05) is 6.61 Å². The van der Waals surface area contributed by atoms with Gasteiger partial charge in [-0.3, -0.25) is 0 Å². The third kappa shape index (κ3) is 6.24. The van der Waals surface area contributed by atoms with E-state index in [-0.39, 0.29) is 17.6 Å². The Morgan fingerprint density at radius 3 is 1.80 bits per heavy atom. The van der Waals surface area contributed by atoms with Gasteiger partial charge in [-0.2, -0.15) is 0 Å². The summed E-state index contributed by atoms with van der Waals surface area (Å²) < 4.78 is 9.89. The molecule has 0 fully saturated rings. The van der Waals surface area contributed by atoms with Gasteiger partial charge in [0.2, 0.25) is 0 Å². The summed E-state index contributed by atoms with van der Waals surface area (Å²) in [6, 6.07) is 21.0. The SMILES string of the molecule is C[C@@H](CCO[Si](c1ccccc1)(c1ccccc1)C(C)(C)C)COC(=O)C(Cl)(Cl)Cl. The van der Waals surface area contributed by atoms with Gasteiger partial charge in [-0.15, -0.1) is 0 Å². The molecule has 0 aromatic heterocycles. The fourth-order valence-corrected chi connectivity index (χ4v) is 8.30. The molecule has 0 saturated carbocycles. The number of carbonyl (C=O) groups is 1. The molecule has 0 N–H and O–H groups in total. The minimum atomic E-state index is -2.56. The first kappa shape index (κ1) is 25.2. The van der Waals surface area contributed by atoms with Crippen LogP contribution in [0.4, 0.5) is 0 Å². The van der Waals surface area contributed by atoms with E-state index in [0.29, 0.717) is 6.61 Å². The van der Waals surface area contributed by atoms with Crippen molar-refractivity contribution in [2.24, 2.45) is 5.92 Å². The molecule has 1 atom stereocenters. The maximum atomic E-state index is 11.7. The highest BCUT2D eigenvalue weighted by atomic mass is 35.6. The molecule has 7 heteroatoms. The van der Waals surface area contributed by atoms with Crippen LogP contribution in [0.25, 0.3) is 0 Å². The van der Waals surface area contributed by atoms with E-state index in [9.17, 15) is 4.79 Å². The molecule has 0 aliphatic heterocycles. The molecule has 2 rings (SSSR count). The predicted molar refractivity (Wildman–Crippen MR) is 129 cm³/mol. The van der Waals surface area contributed by atoms with Gasteiger partial charge < -0.3 is 9.16 Å². The molecular weight excluding hydrogens is 459 g/mol. The largest absolute Gasteiger partial charge is 0.462 e. The summed E-state index contributed by atoms with van der Waals surface area (Å²) in [5, 5.41) is 2.39. The van der Waals surface area contributed by atoms with E-state index in [1.807, 2.05) is 19.1 Å². The van der Waals surface area contributed by atoms with Crippen LogP contribution >= 0.6 is 34.8 Å². The molecular formula is C23H29Cl3O3Si. The van der Waals surface area contributed by atoms with Crippen LogP contribution in [0.2, 0.25) is 5.04 Å². The van der Waals surface area contributed by atoms with Crippen LogP contribution in [0, 0.1) is 5.92 Å². The lowest BCUT2D eigenvalue weighted by Crippen LogP contribution is -2.66. The third-order valence-corrected chi connectivity index (χ3v) is 10.6. The Morgan fingerprint density at radius 2 is 1.40 bits per heavy atom. The Balaban J connectivity index is 2.20. The molecule has 0 bridgehead atoms. The zero-order valence-corrected chi connectivity index (χ0v) is 21.1. The van der Waals surface area contributed by atoms with Crippen molar-refractivity contribution < 1.29 is 14.0 Å². The van der Waals surface area contributed by atoms with Gasteiger partial charge in [0.1, 0.15) is 0 Å². The summed E-state index contributed by atoms with van der Waals surface area (Å²) in [7, 11) is -2.56. The third-order valence-electron chi connectivity index (χ3n) is 5.08. The summed E-state index contributed by atoms with van der Waals surface area (Å²) in [4.78, 5) is 11.7. The number of ether oxygens (including phenoxy) is 1. The summed E-state index contributed by atoms with van der Waals surface area (Å²) in [5.74, 6) is -0.785. The second kappa shape index (κ2) is 10.5. The van der Waals surface area contributed by atoms with Crippen molar-refractivity contribution in [1.82, 2.24) is 0 Å². The second-order valence-electron chi connectivity index (χ2n) is 8.50. The van der Waals surface area contributed by atoms with Crippen molar-refractivity contribution in [2.45, 2.75) is 42.9 Å². The molecule has 0 aliphatic rings. The van der Waals surface area contributed by atoms with Crippen LogP contribution in [0.3, 0.4) is 0 Å². The van der Waals surface area contributed by atoms with Gasteiger partial charge in [0.15, 0.2) is 0 Å². The molecule has 30 heavy (non-hydrogen) atoms. The molecule has 0 heterocycles. The van der Waals surface area contributed by atoms with E-state index in [2.05, 4.69) is 69.3 Å². The number of alkyl halides is 3. The molecule has 0 radical (unpaired) electrons. The number of rotatable bonds is 8. The molecule has 2 aromatic carbocycles. The summed E-state index contributed by atoms with van der Waals surface area (Å²) in [6.45, 7) is 9.43. The van der Waals surface area contributed by atoms with Crippen molar-refractivity contribution in [3.05, 3.63) is 60.7 Å². The first-order chi connectivity index (χ1) is 14.0. The monoisotopic (exact) mass is 486 g/mol. The van der Waals surface area contributed by atoms with Gasteiger partial charge in [0.05, 0.1) is 6.61 Å². The van der Waals surface area contributed by atoms with Crippen molar-refractivity contribution >= 4 is 59.5 Å². The fraction of sp³-hybridized carbons (Fsp3) is 0.435. The van der Waals surface area contributed by atoms with Crippen molar-refractivity contribution in [1.29, 1.82) is 0 Å². The number of hydrogen-bond acceptors (Lipinski definition) is 3. The number of halogens is 3. The van der Waals surface area contributed by atoms with Gasteiger partial charge in [-0.05, 0) is 27.8 Å². The number of esters is 1. The number of benzene rings is 2. The van der Waals surface area contributed by atoms with E-state index in [1.54, 1.807) is 0 Å². The van der Waals surface area contributed by atoms with E-state index in [4.69, 9.17) is 44.0 Å². The van der Waals surface area contributed by atoms with Crippen molar-refractivity contribution in [2.75, 3.05) is 13.2 Å². The predicted octanol–water partition coefficient (Wildman–Crippen LogP) is 5.50. The molecule has 0 saturated heterocycles. The first-order valence-electron chi connectivity index (χ1n) is 9.97. The standard InChI is InChI=1S/C23H29Cl3O3Si/c1-18(17-28-21(27)23(24,25)26)15-16-29-30(22(2,3)4,19-11-7-5-8-12-19)20-13-9-6-10-14-20/h5-14,18H,15-17H2,1-4H3/t18-/m0/s1. The average Bonchev–Trinajstić information content (AvgIpc) is 2.69. The molecule has 0 unspecified atom stereocenters. The molecule has 0 spiro atoms. The van der Waals surface area contributed by atoms with Gasteiger partial charge in [0.25, 0.3) is 12.1 Å². The van der Waals surface area contributed by atoms with Crippen LogP contribution in [-0.4, -0.2) is 31.3 Å². The molecule has 2 aromatic rings. The molecule has 0 aliphatic carbocycles. The Hall–Kier alpha value is -1.04. The number of hydrogen-bond donors (Lipinski definition) is 0. The number of carbonyl (C=O) groups excluding carboxylic acids is 1. The van der Waals surface area contributed by atoms with Gasteiger partial charge in [-0.1, -0.05) is 123 Å². The smallest absolute Gasteiger partial charge is 0.358 e. The molecule has 164 valence electrons. The fourth-order valence-electron chi connectivity index (χ4n) is 3.56. The zero-order valence-electron chi connectivity index (χ0n) is 17.8. The minimum Gasteiger partial charge on any atom is -0.462 e. The lowest BCUT2D eigenvalue weighted by atomic mass is 10.1. The van der Waals surface area contributed by atoms with Crippen molar-refractivity contribution in [3.63, 3.8) is 0 Å². The van der Waals surface area contributed by atoms with Crippen LogP contribution in [0.15, 0.2) is 60.7 Å². The average molecular weight is 488 g/mol. The summed E-state index contributed by atoms with van der Waals surface area (Å²) in [6.07, 6.45) is 0.720. The summed E-state index contributed by atoms with van der Waals surface area (Å²) >= 11 is 16.7. The minimum absolute atomic E-state index is 0.0690. The lowest BCUT2D eigenvalue weighted by Gasteiger charge is -2.43. The first-order valence-corrected chi connectivity index (χ1v) is 13.0. The van der Waals surface area contributed by atoms with Crippen LogP contribution in [0.1, 0.15) is 34.1 Å². The summed E-state index contributed by atoms with van der Waals surface area (Å²) in [5.41, 5.74) is 0. The Bertz CT molecular complexity index is 762. The van der Waals surface area contributed by atoms with Crippen molar-refractivity contribution in [3.8, 4) is 0 Å². The highest BCUT2D eigenvalue weighted by molar-refractivity contribution is 6.99. The molecule has 0 amide bonds. The van der Waals surface area contributed by atoms with E-state index in [1.165, 1.54) is 10.4 Å². The van der Waals surface area contributed by atoms with E-state index < -0.39 is 18.1 Å². The zero-order chi connectivity index (χ0) is 22.4. The maximum Gasteiger partial charge on any atom is 0.358 e. The normalized spacial score (nSPS) is 13.7. The van der Waals surface area contributed by atoms with Gasteiger partial charge in [-0.25, -0.2) is 4.79 Å². The van der Waals surface area contributed by atoms with E-state index in [0.717, 1.165) is 6.42 Å². The lowest BCUT2D eigenvalue weighted by molar-refractivity contribution is -0.143. The Labute approximate surface area is 195 Å². The highest BCUT2D eigenvalue weighted by Crippen LogP contribution is 2.37. The Morgan fingerprint density at radius 1 is 0.933 bits per heavy atom. The molecule has 3 nitrogen and oxygen atoms in total. The van der Waals surface area contributed by atoms with Crippen LogP contribution in [-0.2, 0) is 14.0 Å². The second-order valence-corrected chi connectivity index (χ2v) is 15.1.